The molecule has 134 valence electrons. The van der Waals surface area contributed by atoms with Crippen LogP contribution in [-0.2, 0) is 6.54 Å². The minimum atomic E-state index is -0.541. The quantitative estimate of drug-likeness (QED) is 0.465. The Kier molecular flexibility index (Phi) is 4.90. The normalized spacial score (nSPS) is 10.7. The number of non-ortho nitro benzene ring substituents is 1. The predicted octanol–water partition coefficient (Wildman–Crippen LogP) is 3.13. The Morgan fingerprint density at radius 3 is 2.65 bits per heavy atom. The number of benzene rings is 2. The number of hydrogen-bond donors (Lipinski definition) is 0. The van der Waals surface area contributed by atoms with Crippen LogP contribution in [0, 0.1) is 10.1 Å². The zero-order chi connectivity index (χ0) is 18.8. The fourth-order valence-corrected chi connectivity index (χ4v) is 3.22. The smallest absolute Gasteiger partial charge is 0.270 e. The highest BCUT2D eigenvalue weighted by Crippen LogP contribution is 2.37. The molecular weight excluding hydrogens is 406 g/mol. The summed E-state index contributed by atoms with van der Waals surface area (Å²) in [4.78, 5) is 27.4. The lowest BCUT2D eigenvalue weighted by molar-refractivity contribution is -0.384. The second-order valence-electron chi connectivity index (χ2n) is 5.41. The highest BCUT2D eigenvalue weighted by molar-refractivity contribution is 9.10. The number of nitro benzene ring substituents is 1. The summed E-state index contributed by atoms with van der Waals surface area (Å²) >= 11 is 3.47. The molecule has 2 aromatic carbocycles. The first-order chi connectivity index (χ1) is 12.5. The number of methoxy groups -OCH3 is 2. The van der Waals surface area contributed by atoms with Crippen molar-refractivity contribution in [3.63, 3.8) is 0 Å². The Bertz CT molecular complexity index is 1060. The van der Waals surface area contributed by atoms with E-state index in [0.717, 1.165) is 5.56 Å². The number of nitrogens with zero attached hydrogens (tertiary/aromatic N) is 3. The molecule has 0 aliphatic heterocycles. The Morgan fingerprint density at radius 1 is 1.23 bits per heavy atom. The first-order valence-electron chi connectivity index (χ1n) is 7.49. The van der Waals surface area contributed by atoms with Crippen LogP contribution in [0.2, 0.25) is 0 Å². The molecule has 0 bridgehead atoms. The molecule has 0 aliphatic carbocycles. The van der Waals surface area contributed by atoms with Gasteiger partial charge in [0.15, 0.2) is 11.5 Å². The van der Waals surface area contributed by atoms with Crippen molar-refractivity contribution in [1.82, 2.24) is 9.55 Å². The molecule has 1 heterocycles. The summed E-state index contributed by atoms with van der Waals surface area (Å²) in [6.07, 6.45) is 1.42. The largest absolute Gasteiger partial charge is 0.493 e. The summed E-state index contributed by atoms with van der Waals surface area (Å²) in [7, 11) is 3.06. The number of nitro groups is 1. The van der Waals surface area contributed by atoms with Crippen LogP contribution < -0.4 is 15.0 Å². The van der Waals surface area contributed by atoms with Crippen LogP contribution in [0.3, 0.4) is 0 Å². The van der Waals surface area contributed by atoms with Gasteiger partial charge in [0.2, 0.25) is 0 Å². The van der Waals surface area contributed by atoms with Crippen LogP contribution in [-0.4, -0.2) is 28.7 Å². The topological polar surface area (TPSA) is 96.5 Å². The van der Waals surface area contributed by atoms with Crippen LogP contribution in [0.25, 0.3) is 10.9 Å². The Morgan fingerprint density at radius 2 is 2.00 bits per heavy atom. The molecule has 0 fully saturated rings. The second-order valence-corrected chi connectivity index (χ2v) is 6.20. The van der Waals surface area contributed by atoms with Gasteiger partial charge in [0.25, 0.3) is 11.2 Å². The summed E-state index contributed by atoms with van der Waals surface area (Å²) in [6.45, 7) is 0.214. The maximum absolute atomic E-state index is 12.7. The van der Waals surface area contributed by atoms with Gasteiger partial charge >= 0.3 is 0 Å². The molecule has 3 rings (SSSR count). The Hall–Kier alpha value is -2.94. The lowest BCUT2D eigenvalue weighted by Crippen LogP contribution is -2.21. The SMILES string of the molecule is COc1ccc(Cn2cnc3ccc([N+](=O)[O-])cc3c2=O)c(Br)c1OC. The van der Waals surface area contributed by atoms with Crippen molar-refractivity contribution < 1.29 is 14.4 Å². The van der Waals surface area contributed by atoms with Gasteiger partial charge in [-0.1, -0.05) is 6.07 Å². The first-order valence-corrected chi connectivity index (χ1v) is 8.28. The zero-order valence-corrected chi connectivity index (χ0v) is 15.5. The van der Waals surface area contributed by atoms with E-state index < -0.39 is 4.92 Å². The van der Waals surface area contributed by atoms with Gasteiger partial charge in [0.05, 0.1) is 47.4 Å². The summed E-state index contributed by atoms with van der Waals surface area (Å²) in [5.41, 5.74) is 0.668. The van der Waals surface area contributed by atoms with Crippen molar-refractivity contribution in [2.24, 2.45) is 0 Å². The van der Waals surface area contributed by atoms with Crippen molar-refractivity contribution in [2.75, 3.05) is 14.2 Å². The van der Waals surface area contributed by atoms with Crippen molar-refractivity contribution >= 4 is 32.5 Å². The summed E-state index contributed by atoms with van der Waals surface area (Å²) in [5, 5.41) is 11.1. The van der Waals surface area contributed by atoms with Gasteiger partial charge in [-0.2, -0.15) is 0 Å². The third-order valence-corrected chi connectivity index (χ3v) is 4.79. The van der Waals surface area contributed by atoms with Gasteiger partial charge in [0, 0.05) is 12.1 Å². The number of halogens is 1. The summed E-state index contributed by atoms with van der Waals surface area (Å²) in [6, 6.07) is 7.57. The van der Waals surface area contributed by atoms with E-state index in [1.807, 2.05) is 0 Å². The molecule has 8 nitrogen and oxygen atoms in total. The van der Waals surface area contributed by atoms with Crippen LogP contribution in [0.15, 0.2) is 45.9 Å². The molecule has 9 heteroatoms. The van der Waals surface area contributed by atoms with Gasteiger partial charge < -0.3 is 9.47 Å². The zero-order valence-electron chi connectivity index (χ0n) is 13.9. The van der Waals surface area contributed by atoms with Gasteiger partial charge in [-0.25, -0.2) is 4.98 Å². The van der Waals surface area contributed by atoms with Gasteiger partial charge in [-0.15, -0.1) is 0 Å². The van der Waals surface area contributed by atoms with E-state index >= 15 is 0 Å². The van der Waals surface area contributed by atoms with Crippen molar-refractivity contribution in [1.29, 1.82) is 0 Å². The highest BCUT2D eigenvalue weighted by Gasteiger charge is 2.15. The molecule has 0 amide bonds. The summed E-state index contributed by atoms with van der Waals surface area (Å²) in [5.74, 6) is 1.07. The minimum absolute atomic E-state index is 0.151. The van der Waals surface area contributed by atoms with Gasteiger partial charge in [-0.05, 0) is 33.6 Å². The third kappa shape index (κ3) is 3.13. The van der Waals surface area contributed by atoms with E-state index in [1.165, 1.54) is 43.3 Å². The molecule has 0 saturated carbocycles. The van der Waals surface area contributed by atoms with Crippen LogP contribution in [0.5, 0.6) is 11.5 Å². The van der Waals surface area contributed by atoms with E-state index in [2.05, 4.69) is 20.9 Å². The van der Waals surface area contributed by atoms with E-state index in [1.54, 1.807) is 12.1 Å². The van der Waals surface area contributed by atoms with Gasteiger partial charge in [-0.3, -0.25) is 19.5 Å². The molecule has 0 radical (unpaired) electrons. The molecule has 0 unspecified atom stereocenters. The number of aromatic nitrogens is 2. The number of ether oxygens (including phenoxy) is 2. The van der Waals surface area contributed by atoms with E-state index in [4.69, 9.17) is 9.47 Å². The first kappa shape index (κ1) is 17.9. The fraction of sp³-hybridized carbons (Fsp3) is 0.176. The molecule has 1 aromatic heterocycles. The maximum Gasteiger partial charge on any atom is 0.270 e. The molecule has 26 heavy (non-hydrogen) atoms. The molecule has 0 aliphatic rings. The van der Waals surface area contributed by atoms with Crippen molar-refractivity contribution in [2.45, 2.75) is 6.54 Å². The molecule has 3 aromatic rings. The molecule has 0 spiro atoms. The van der Waals surface area contributed by atoms with Crippen LogP contribution in [0.1, 0.15) is 5.56 Å². The average molecular weight is 420 g/mol. The van der Waals surface area contributed by atoms with E-state index in [-0.39, 0.29) is 23.2 Å². The molecule has 0 saturated heterocycles. The number of rotatable bonds is 5. The monoisotopic (exact) mass is 419 g/mol. The van der Waals surface area contributed by atoms with Crippen LogP contribution >= 0.6 is 15.9 Å². The number of hydrogen-bond acceptors (Lipinski definition) is 6. The molecular formula is C17H14BrN3O5. The van der Waals surface area contributed by atoms with Crippen molar-refractivity contribution in [3.8, 4) is 11.5 Å². The summed E-state index contributed by atoms with van der Waals surface area (Å²) < 4.78 is 12.6. The van der Waals surface area contributed by atoms with Gasteiger partial charge in [0.1, 0.15) is 0 Å². The maximum atomic E-state index is 12.7. The third-order valence-electron chi connectivity index (χ3n) is 3.92. The Balaban J connectivity index is 2.08. The predicted molar refractivity (Wildman–Crippen MR) is 99.0 cm³/mol. The molecule has 0 atom stereocenters. The molecule has 0 N–H and O–H groups in total. The number of fused-ring (bicyclic) bond motifs is 1. The van der Waals surface area contributed by atoms with E-state index in [9.17, 15) is 14.9 Å². The lowest BCUT2D eigenvalue weighted by atomic mass is 10.2. The highest BCUT2D eigenvalue weighted by atomic mass is 79.9. The van der Waals surface area contributed by atoms with Crippen LogP contribution in [0.4, 0.5) is 5.69 Å². The standard InChI is InChI=1S/C17H14BrN3O5/c1-25-14-6-3-10(15(18)16(14)26-2)8-20-9-19-13-5-4-11(21(23)24)7-12(13)17(20)22/h3-7,9H,8H2,1-2H3. The average Bonchev–Trinajstić information content (AvgIpc) is 2.64. The van der Waals surface area contributed by atoms with E-state index in [0.29, 0.717) is 21.5 Å². The fourth-order valence-electron chi connectivity index (χ4n) is 2.61. The second kappa shape index (κ2) is 7.12. The lowest BCUT2D eigenvalue weighted by Gasteiger charge is -2.14. The Labute approximate surface area is 156 Å². The minimum Gasteiger partial charge on any atom is -0.493 e. The van der Waals surface area contributed by atoms with Crippen molar-refractivity contribution in [3.05, 3.63) is 67.2 Å².